The predicted octanol–water partition coefficient (Wildman–Crippen LogP) is 9.52. The smallest absolute Gasteiger partial charge is 0.161 e. The van der Waals surface area contributed by atoms with Crippen molar-refractivity contribution in [1.29, 1.82) is 0 Å². The van der Waals surface area contributed by atoms with Gasteiger partial charge in [-0.25, -0.2) is 0 Å². The SMILES string of the molecule is Cc1cc(C)c(-c2oc3cc4pc(-c5c(C)cc(C)cc5C)oc4cc3p2)c(C)c1. The van der Waals surface area contributed by atoms with Crippen LogP contribution in [0.25, 0.3) is 43.5 Å². The molecule has 0 amide bonds. The topological polar surface area (TPSA) is 26.3 Å². The number of hydrogen-bond donors (Lipinski definition) is 0. The van der Waals surface area contributed by atoms with E-state index >= 15 is 0 Å². The lowest BCUT2D eigenvalue weighted by molar-refractivity contribution is 0.633. The first-order chi connectivity index (χ1) is 14.3. The number of benzene rings is 3. The monoisotopic (exact) mass is 430 g/mol. The second kappa shape index (κ2) is 7.09. The molecule has 2 heterocycles. The Hall–Kier alpha value is -2.40. The van der Waals surface area contributed by atoms with Crippen LogP contribution < -0.4 is 0 Å². The number of fused-ring (bicyclic) bond motifs is 2. The molecule has 0 N–H and O–H groups in total. The Kier molecular flexibility index (Phi) is 4.62. The molecule has 0 atom stereocenters. The second-order valence-corrected chi connectivity index (χ2v) is 10.6. The lowest BCUT2D eigenvalue weighted by Crippen LogP contribution is -1.87. The van der Waals surface area contributed by atoms with Crippen LogP contribution in [0.2, 0.25) is 0 Å². The fourth-order valence-corrected chi connectivity index (χ4v) is 7.06. The van der Waals surface area contributed by atoms with Gasteiger partial charge >= 0.3 is 0 Å². The van der Waals surface area contributed by atoms with Gasteiger partial charge in [-0.1, -0.05) is 35.4 Å². The van der Waals surface area contributed by atoms with E-state index in [1.54, 1.807) is 0 Å². The van der Waals surface area contributed by atoms with E-state index in [2.05, 4.69) is 77.9 Å². The summed E-state index contributed by atoms with van der Waals surface area (Å²) in [4.78, 5) is 0. The molecule has 5 aromatic rings. The van der Waals surface area contributed by atoms with Gasteiger partial charge < -0.3 is 8.83 Å². The van der Waals surface area contributed by atoms with Crippen molar-refractivity contribution in [2.45, 2.75) is 41.5 Å². The fraction of sp³-hybridized carbons (Fsp3) is 0.231. The Morgan fingerprint density at radius 2 is 0.833 bits per heavy atom. The fourth-order valence-electron chi connectivity index (χ4n) is 4.60. The van der Waals surface area contributed by atoms with E-state index in [0.29, 0.717) is 0 Å². The van der Waals surface area contributed by atoms with E-state index in [1.807, 2.05) is 0 Å². The molecule has 0 unspecified atom stereocenters. The maximum Gasteiger partial charge on any atom is 0.161 e. The van der Waals surface area contributed by atoms with Crippen molar-refractivity contribution in [3.8, 4) is 22.1 Å². The van der Waals surface area contributed by atoms with Crippen molar-refractivity contribution in [2.24, 2.45) is 0 Å². The quantitative estimate of drug-likeness (QED) is 0.279. The molecule has 0 aliphatic heterocycles. The Labute approximate surface area is 180 Å². The first kappa shape index (κ1) is 19.6. The summed E-state index contributed by atoms with van der Waals surface area (Å²) in [5.41, 5.74) is 14.1. The lowest BCUT2D eigenvalue weighted by atomic mass is 10.0. The minimum Gasteiger partial charge on any atom is -0.451 e. The summed E-state index contributed by atoms with van der Waals surface area (Å²) >= 11 is 0. The van der Waals surface area contributed by atoms with E-state index in [4.69, 9.17) is 8.83 Å². The van der Waals surface area contributed by atoms with Crippen LogP contribution in [0.4, 0.5) is 0 Å². The van der Waals surface area contributed by atoms with Gasteiger partial charge in [-0.05, 0) is 92.3 Å². The van der Waals surface area contributed by atoms with Crippen LogP contribution >= 0.6 is 16.4 Å². The Morgan fingerprint density at radius 1 is 0.500 bits per heavy atom. The van der Waals surface area contributed by atoms with Gasteiger partial charge in [0, 0.05) is 11.1 Å². The molecule has 150 valence electrons. The van der Waals surface area contributed by atoms with Crippen LogP contribution in [0.3, 0.4) is 0 Å². The van der Waals surface area contributed by atoms with Crippen molar-refractivity contribution in [1.82, 2.24) is 0 Å². The molecule has 4 heteroatoms. The molecule has 0 saturated carbocycles. The van der Waals surface area contributed by atoms with Crippen LogP contribution in [-0.4, -0.2) is 0 Å². The molecule has 5 rings (SSSR count). The highest BCUT2D eigenvalue weighted by Crippen LogP contribution is 2.46. The third-order valence-electron chi connectivity index (χ3n) is 5.68. The minimum absolute atomic E-state index is 0.958. The third kappa shape index (κ3) is 3.20. The highest BCUT2D eigenvalue weighted by atomic mass is 31.0. The zero-order valence-corrected chi connectivity index (χ0v) is 20.0. The highest BCUT2D eigenvalue weighted by Gasteiger charge is 2.17. The van der Waals surface area contributed by atoms with Crippen molar-refractivity contribution < 1.29 is 8.83 Å². The average Bonchev–Trinajstić information content (AvgIpc) is 3.20. The normalized spacial score (nSPS) is 12.2. The molecule has 30 heavy (non-hydrogen) atoms. The molecule has 0 radical (unpaired) electrons. The molecular formula is C26H24O2P2. The molecule has 0 spiro atoms. The average molecular weight is 430 g/mol. The zero-order chi connectivity index (χ0) is 21.2. The van der Waals surface area contributed by atoms with Crippen molar-refractivity contribution in [3.63, 3.8) is 0 Å². The molecule has 0 fully saturated rings. The molecule has 2 nitrogen and oxygen atoms in total. The maximum atomic E-state index is 6.36. The maximum absolute atomic E-state index is 6.36. The van der Waals surface area contributed by atoms with E-state index in [1.165, 1.54) is 54.7 Å². The largest absolute Gasteiger partial charge is 0.451 e. The molecule has 0 aliphatic rings. The molecule has 3 aromatic carbocycles. The Balaban J connectivity index is 1.65. The summed E-state index contributed by atoms with van der Waals surface area (Å²) in [5, 5.41) is 2.36. The van der Waals surface area contributed by atoms with Gasteiger partial charge in [0.2, 0.25) is 0 Å². The number of rotatable bonds is 2. The summed E-state index contributed by atoms with van der Waals surface area (Å²) in [6.07, 6.45) is 0. The lowest BCUT2D eigenvalue weighted by Gasteiger charge is -2.08. The van der Waals surface area contributed by atoms with Gasteiger partial charge in [0.15, 0.2) is 11.0 Å². The second-order valence-electron chi connectivity index (χ2n) is 8.37. The number of aryl methyl sites for hydroxylation is 6. The number of hydrogen-bond acceptors (Lipinski definition) is 2. The summed E-state index contributed by atoms with van der Waals surface area (Å²) in [5.74, 6) is 0. The molecular weight excluding hydrogens is 406 g/mol. The van der Waals surface area contributed by atoms with Gasteiger partial charge in [-0.2, -0.15) is 0 Å². The molecule has 0 bridgehead atoms. The van der Waals surface area contributed by atoms with E-state index in [-0.39, 0.29) is 0 Å². The van der Waals surface area contributed by atoms with Gasteiger partial charge in [-0.15, -0.1) is 0 Å². The summed E-state index contributed by atoms with van der Waals surface area (Å²) in [7, 11) is 2.21. The standard InChI is InChI=1S/C26H24O2P2/c1-13-7-15(3)23(16(4)8-13)25-27-19-11-22-20(12-21(19)29-25)28-26(30-22)24-17(5)9-14(2)10-18(24)6/h7-12H,1-6H3. The van der Waals surface area contributed by atoms with Crippen molar-refractivity contribution in [2.75, 3.05) is 0 Å². The van der Waals surface area contributed by atoms with Crippen LogP contribution in [0.15, 0.2) is 45.2 Å². The highest BCUT2D eigenvalue weighted by molar-refractivity contribution is 7.41. The third-order valence-corrected chi connectivity index (χ3v) is 7.90. The van der Waals surface area contributed by atoms with Crippen LogP contribution in [-0.2, 0) is 0 Å². The van der Waals surface area contributed by atoms with Crippen molar-refractivity contribution in [3.05, 3.63) is 69.8 Å². The van der Waals surface area contributed by atoms with Crippen LogP contribution in [0, 0.1) is 41.5 Å². The van der Waals surface area contributed by atoms with E-state index in [9.17, 15) is 0 Å². The van der Waals surface area contributed by atoms with Gasteiger partial charge in [0.1, 0.15) is 11.2 Å². The molecule has 2 aromatic heterocycles. The molecule has 0 aliphatic carbocycles. The zero-order valence-electron chi connectivity index (χ0n) is 18.2. The first-order valence-corrected chi connectivity index (χ1v) is 12.0. The first-order valence-electron chi connectivity index (χ1n) is 10.2. The predicted molar refractivity (Wildman–Crippen MR) is 130 cm³/mol. The van der Waals surface area contributed by atoms with Crippen molar-refractivity contribution >= 4 is 37.8 Å². The summed E-state index contributed by atoms with van der Waals surface area (Å²) < 4.78 is 12.7. The Morgan fingerprint density at radius 3 is 1.17 bits per heavy atom. The summed E-state index contributed by atoms with van der Waals surface area (Å²) in [6.45, 7) is 12.9. The Bertz CT molecular complexity index is 1250. The van der Waals surface area contributed by atoms with Gasteiger partial charge in [0.25, 0.3) is 0 Å². The van der Waals surface area contributed by atoms with E-state index in [0.717, 1.165) is 38.5 Å². The van der Waals surface area contributed by atoms with E-state index < -0.39 is 0 Å². The summed E-state index contributed by atoms with van der Waals surface area (Å²) in [6, 6.07) is 13.2. The van der Waals surface area contributed by atoms with Gasteiger partial charge in [0.05, 0.1) is 10.2 Å². The minimum atomic E-state index is 0.958. The van der Waals surface area contributed by atoms with Crippen LogP contribution in [0.5, 0.6) is 0 Å². The molecule has 0 saturated heterocycles. The van der Waals surface area contributed by atoms with Crippen LogP contribution in [0.1, 0.15) is 33.4 Å². The van der Waals surface area contributed by atoms with Gasteiger partial charge in [-0.3, -0.25) is 0 Å².